The van der Waals surface area contributed by atoms with Crippen LogP contribution in [0.15, 0.2) is 34.9 Å². The first-order chi connectivity index (χ1) is 11.3. The van der Waals surface area contributed by atoms with Crippen LogP contribution in [0, 0.1) is 11.8 Å². The molecule has 2 heterocycles. The number of benzene rings is 1. The van der Waals surface area contributed by atoms with E-state index in [1.54, 1.807) is 40.6 Å². The highest BCUT2D eigenvalue weighted by molar-refractivity contribution is 8.00. The van der Waals surface area contributed by atoms with Gasteiger partial charge < -0.3 is 5.32 Å². The van der Waals surface area contributed by atoms with Gasteiger partial charge in [-0.3, -0.25) is 0 Å². The van der Waals surface area contributed by atoms with Crippen LogP contribution in [0.1, 0.15) is 17.0 Å². The van der Waals surface area contributed by atoms with Crippen molar-refractivity contribution >= 4 is 39.3 Å². The smallest absolute Gasteiger partial charge is 0.176 e. The second-order valence-corrected chi connectivity index (χ2v) is 8.25. The Hall–Kier alpha value is -1.66. The molecule has 2 aliphatic rings. The minimum absolute atomic E-state index is 0.739. The van der Waals surface area contributed by atoms with E-state index in [0.717, 1.165) is 44.8 Å². The summed E-state index contributed by atoms with van der Waals surface area (Å²) in [5, 5.41) is 3.56. The van der Waals surface area contributed by atoms with Gasteiger partial charge in [-0.1, -0.05) is 36.0 Å². The predicted octanol–water partition coefficient (Wildman–Crippen LogP) is 3.81. The summed E-state index contributed by atoms with van der Waals surface area (Å²) in [4.78, 5) is 13.2. The van der Waals surface area contributed by atoms with Gasteiger partial charge in [-0.15, -0.1) is 11.3 Å². The molecule has 116 valence electrons. The Kier molecular flexibility index (Phi) is 3.09. The van der Waals surface area contributed by atoms with Gasteiger partial charge in [-0.05, 0) is 41.6 Å². The molecule has 0 amide bonds. The van der Waals surface area contributed by atoms with Gasteiger partial charge in [0.05, 0.1) is 0 Å². The molecule has 3 aromatic rings. The van der Waals surface area contributed by atoms with Crippen LogP contribution in [-0.4, -0.2) is 27.8 Å². The average molecular weight is 340 g/mol. The number of anilines is 1. The van der Waals surface area contributed by atoms with Crippen LogP contribution >= 0.6 is 23.1 Å². The molecule has 6 heteroatoms. The van der Waals surface area contributed by atoms with Crippen molar-refractivity contribution in [2.24, 2.45) is 11.8 Å². The fourth-order valence-corrected chi connectivity index (χ4v) is 5.40. The topological polar surface area (TPSA) is 50.7 Å². The Morgan fingerprint density at radius 2 is 2.22 bits per heavy atom. The van der Waals surface area contributed by atoms with Crippen molar-refractivity contribution in [1.82, 2.24) is 15.0 Å². The van der Waals surface area contributed by atoms with E-state index in [1.807, 2.05) is 6.26 Å². The van der Waals surface area contributed by atoms with Gasteiger partial charge in [0.2, 0.25) is 0 Å². The lowest BCUT2D eigenvalue weighted by Gasteiger charge is -2.09. The number of aromatic nitrogens is 3. The molecule has 0 bridgehead atoms. The second-order valence-electron chi connectivity index (χ2n) is 6.20. The zero-order chi connectivity index (χ0) is 15.4. The lowest BCUT2D eigenvalue weighted by molar-refractivity contribution is 0.718. The van der Waals surface area contributed by atoms with E-state index in [1.165, 1.54) is 6.42 Å². The van der Waals surface area contributed by atoms with E-state index in [0.29, 0.717) is 0 Å². The van der Waals surface area contributed by atoms with Gasteiger partial charge in [0, 0.05) is 6.54 Å². The normalized spacial score (nSPS) is 24.5. The van der Waals surface area contributed by atoms with Gasteiger partial charge in [0.25, 0.3) is 0 Å². The molecular formula is C17H16N4S2. The minimum Gasteiger partial charge on any atom is -0.368 e. The molecule has 4 nitrogen and oxygen atoms in total. The Balaban J connectivity index is 1.34. The van der Waals surface area contributed by atoms with Crippen molar-refractivity contribution in [2.45, 2.75) is 16.7 Å². The summed E-state index contributed by atoms with van der Waals surface area (Å²) in [6.07, 6.45) is 4.89. The number of nitrogens with zero attached hydrogens (tertiary/aromatic N) is 3. The molecule has 5 rings (SSSR count). The molecule has 2 aromatic heterocycles. The van der Waals surface area contributed by atoms with E-state index in [4.69, 9.17) is 0 Å². The van der Waals surface area contributed by atoms with E-state index >= 15 is 0 Å². The van der Waals surface area contributed by atoms with Gasteiger partial charge in [0.1, 0.15) is 16.8 Å². The molecule has 3 unspecified atom stereocenters. The summed E-state index contributed by atoms with van der Waals surface area (Å²) in [7, 11) is 0. The largest absolute Gasteiger partial charge is 0.368 e. The van der Waals surface area contributed by atoms with Crippen LogP contribution in [-0.2, 0) is 6.42 Å². The average Bonchev–Trinajstić information content (AvgIpc) is 2.96. The SMILES string of the molecule is CSc1nc2ncnc(NCC3C4Cc5ccccc5C34)c2s1. The number of thioether (sulfide) groups is 1. The molecule has 1 saturated carbocycles. The van der Waals surface area contributed by atoms with E-state index < -0.39 is 0 Å². The molecule has 1 fully saturated rings. The lowest BCUT2D eigenvalue weighted by atomic mass is 10.0. The van der Waals surface area contributed by atoms with Crippen LogP contribution in [0.5, 0.6) is 0 Å². The number of nitrogens with one attached hydrogen (secondary N) is 1. The Morgan fingerprint density at radius 3 is 3.13 bits per heavy atom. The van der Waals surface area contributed by atoms with E-state index in [-0.39, 0.29) is 0 Å². The highest BCUT2D eigenvalue weighted by Crippen LogP contribution is 2.61. The first kappa shape index (κ1) is 13.7. The zero-order valence-corrected chi connectivity index (χ0v) is 14.3. The standard InChI is InChI=1S/C17H16N4S2/c1-22-17-21-16-14(23-17)15(19-8-20-16)18-7-12-11-6-9-4-2-3-5-10(9)13(11)12/h2-5,8,11-13H,6-7H2,1H3,(H,18,19,20). The van der Waals surface area contributed by atoms with Crippen molar-refractivity contribution in [3.63, 3.8) is 0 Å². The number of fused-ring (bicyclic) bond motifs is 4. The van der Waals surface area contributed by atoms with E-state index in [2.05, 4.69) is 44.5 Å². The minimum atomic E-state index is 0.739. The third-order valence-electron chi connectivity index (χ3n) is 5.05. The molecule has 1 N–H and O–H groups in total. The molecular weight excluding hydrogens is 324 g/mol. The first-order valence-corrected chi connectivity index (χ1v) is 9.86. The maximum absolute atomic E-state index is 4.51. The highest BCUT2D eigenvalue weighted by Gasteiger charge is 2.54. The fraction of sp³-hybridized carbons (Fsp3) is 0.353. The van der Waals surface area contributed by atoms with Gasteiger partial charge in [-0.25, -0.2) is 15.0 Å². The molecule has 0 saturated heterocycles. The summed E-state index contributed by atoms with van der Waals surface area (Å²) < 4.78 is 2.11. The van der Waals surface area contributed by atoms with Crippen LogP contribution in [0.4, 0.5) is 5.82 Å². The van der Waals surface area contributed by atoms with Crippen molar-refractivity contribution in [2.75, 3.05) is 18.1 Å². The zero-order valence-electron chi connectivity index (χ0n) is 12.7. The second kappa shape index (κ2) is 5.18. The lowest BCUT2D eigenvalue weighted by Crippen LogP contribution is -2.09. The van der Waals surface area contributed by atoms with E-state index in [9.17, 15) is 0 Å². The Labute approximate surface area is 142 Å². The third kappa shape index (κ3) is 2.16. The van der Waals surface area contributed by atoms with Crippen LogP contribution < -0.4 is 5.32 Å². The molecule has 2 aliphatic carbocycles. The predicted molar refractivity (Wildman–Crippen MR) is 95.3 cm³/mol. The maximum Gasteiger partial charge on any atom is 0.176 e. The fourth-order valence-electron chi connectivity index (χ4n) is 3.92. The van der Waals surface area contributed by atoms with Crippen molar-refractivity contribution in [3.05, 3.63) is 41.7 Å². The monoisotopic (exact) mass is 340 g/mol. The van der Waals surface area contributed by atoms with Crippen molar-refractivity contribution < 1.29 is 0 Å². The first-order valence-electron chi connectivity index (χ1n) is 7.82. The Morgan fingerprint density at radius 1 is 1.30 bits per heavy atom. The Bertz CT molecular complexity index is 891. The molecule has 23 heavy (non-hydrogen) atoms. The summed E-state index contributed by atoms with van der Waals surface area (Å²) in [6, 6.07) is 8.90. The summed E-state index contributed by atoms with van der Waals surface area (Å²) in [5.41, 5.74) is 3.92. The van der Waals surface area contributed by atoms with Crippen molar-refractivity contribution in [1.29, 1.82) is 0 Å². The number of hydrogen-bond acceptors (Lipinski definition) is 6. The number of hydrogen-bond donors (Lipinski definition) is 1. The van der Waals surface area contributed by atoms with Crippen molar-refractivity contribution in [3.8, 4) is 0 Å². The molecule has 0 aliphatic heterocycles. The van der Waals surface area contributed by atoms with Gasteiger partial charge in [0.15, 0.2) is 9.99 Å². The maximum atomic E-state index is 4.51. The summed E-state index contributed by atoms with van der Waals surface area (Å²) in [5.74, 6) is 3.24. The number of thiazole rings is 1. The van der Waals surface area contributed by atoms with Crippen LogP contribution in [0.3, 0.4) is 0 Å². The molecule has 1 aromatic carbocycles. The molecule has 0 spiro atoms. The highest BCUT2D eigenvalue weighted by atomic mass is 32.2. The van der Waals surface area contributed by atoms with Gasteiger partial charge in [-0.2, -0.15) is 0 Å². The number of rotatable bonds is 4. The van der Waals surface area contributed by atoms with Crippen LogP contribution in [0.25, 0.3) is 10.3 Å². The van der Waals surface area contributed by atoms with Crippen LogP contribution in [0.2, 0.25) is 0 Å². The van der Waals surface area contributed by atoms with Gasteiger partial charge >= 0.3 is 0 Å². The third-order valence-corrected chi connectivity index (χ3v) is 7.09. The molecule has 3 atom stereocenters. The summed E-state index contributed by atoms with van der Waals surface area (Å²) >= 11 is 3.33. The molecule has 0 radical (unpaired) electrons. The summed E-state index contributed by atoms with van der Waals surface area (Å²) in [6.45, 7) is 0.988. The quantitative estimate of drug-likeness (QED) is 0.732.